The molecule has 0 heterocycles. The Kier molecular flexibility index (Phi) is 10.3. The van der Waals surface area contributed by atoms with Gasteiger partial charge in [-0.25, -0.2) is 4.79 Å². The molecule has 0 aromatic heterocycles. The average molecular weight is 468 g/mol. The lowest BCUT2D eigenvalue weighted by molar-refractivity contribution is -0.155. The van der Waals surface area contributed by atoms with Gasteiger partial charge in [-0.1, -0.05) is 26.8 Å². The van der Waals surface area contributed by atoms with E-state index in [2.05, 4.69) is 0 Å². The van der Waals surface area contributed by atoms with E-state index < -0.39 is 42.3 Å². The van der Waals surface area contributed by atoms with Gasteiger partial charge in [0.2, 0.25) is 0 Å². The molecule has 33 heavy (non-hydrogen) atoms. The van der Waals surface area contributed by atoms with Crippen molar-refractivity contribution in [3.8, 4) is 11.5 Å². The molecule has 184 valence electrons. The molecular weight excluding hydrogens is 434 g/mol. The number of ether oxygens (including phenoxy) is 5. The number of benzene rings is 1. The number of esters is 3. The molecule has 1 aromatic rings. The first kappa shape index (κ1) is 27.9. The number of nitrogens with two attached hydrogens (primary N) is 1. The Morgan fingerprint density at radius 1 is 0.909 bits per heavy atom. The van der Waals surface area contributed by atoms with Crippen molar-refractivity contribution in [2.24, 2.45) is 11.1 Å². The quantitative estimate of drug-likeness (QED) is 0.426. The van der Waals surface area contributed by atoms with Gasteiger partial charge in [-0.2, -0.15) is 0 Å². The minimum atomic E-state index is -1.04. The molecule has 1 rings (SSSR count). The number of hydrogen-bond acceptors (Lipinski definition) is 10. The Morgan fingerprint density at radius 2 is 1.45 bits per heavy atom. The molecule has 0 amide bonds. The average Bonchev–Trinajstić information content (AvgIpc) is 2.66. The highest BCUT2D eigenvalue weighted by atomic mass is 16.7. The summed E-state index contributed by atoms with van der Waals surface area (Å²) in [5.74, 6) is -1.80. The van der Waals surface area contributed by atoms with Gasteiger partial charge in [0.15, 0.2) is 11.5 Å². The lowest BCUT2D eigenvalue weighted by Crippen LogP contribution is -2.39. The van der Waals surface area contributed by atoms with Crippen LogP contribution in [0.4, 0.5) is 4.79 Å². The molecule has 1 unspecified atom stereocenters. The van der Waals surface area contributed by atoms with Crippen molar-refractivity contribution >= 4 is 24.1 Å². The summed E-state index contributed by atoms with van der Waals surface area (Å²) in [5, 5.41) is 0. The number of hydrogen-bond donors (Lipinski definition) is 1. The fourth-order valence-corrected chi connectivity index (χ4v) is 2.41. The maximum absolute atomic E-state index is 12.4. The van der Waals surface area contributed by atoms with Crippen LogP contribution in [-0.4, -0.2) is 48.9 Å². The molecule has 0 aliphatic rings. The summed E-state index contributed by atoms with van der Waals surface area (Å²) in [6.45, 7) is 11.5. The molecule has 0 fully saturated rings. The topological polar surface area (TPSA) is 140 Å². The van der Waals surface area contributed by atoms with Crippen molar-refractivity contribution in [2.45, 2.75) is 73.1 Å². The van der Waals surface area contributed by atoms with Gasteiger partial charge < -0.3 is 29.4 Å². The highest BCUT2D eigenvalue weighted by Gasteiger charge is 2.26. The van der Waals surface area contributed by atoms with Gasteiger partial charge >= 0.3 is 24.1 Å². The lowest BCUT2D eigenvalue weighted by Gasteiger charge is -2.23. The summed E-state index contributed by atoms with van der Waals surface area (Å²) in [5.41, 5.74) is 6.31. The predicted octanol–water partition coefficient (Wildman–Crippen LogP) is 2.93. The molecule has 10 nitrogen and oxygen atoms in total. The van der Waals surface area contributed by atoms with Crippen molar-refractivity contribution < 1.29 is 42.9 Å². The van der Waals surface area contributed by atoms with Crippen LogP contribution in [0.5, 0.6) is 11.5 Å². The maximum Gasteiger partial charge on any atom is 0.508 e. The Morgan fingerprint density at radius 3 is 2.00 bits per heavy atom. The first-order valence-electron chi connectivity index (χ1n) is 10.5. The third-order valence-corrected chi connectivity index (χ3v) is 4.14. The summed E-state index contributed by atoms with van der Waals surface area (Å²) in [6.07, 6.45) is -2.32. The fourth-order valence-electron chi connectivity index (χ4n) is 2.41. The molecule has 0 aliphatic carbocycles. The zero-order valence-electron chi connectivity index (χ0n) is 20.1. The fraction of sp³-hybridized carbons (Fsp3) is 0.565. The second-order valence-electron chi connectivity index (χ2n) is 8.84. The zero-order valence-corrected chi connectivity index (χ0v) is 20.1. The predicted molar refractivity (Wildman–Crippen MR) is 118 cm³/mol. The molecule has 0 radical (unpaired) electrons. The second kappa shape index (κ2) is 12.2. The molecular formula is C23H33NO9. The number of carbonyl (C=O) groups excluding carboxylic acids is 4. The smallest absolute Gasteiger partial charge is 0.458 e. The van der Waals surface area contributed by atoms with Gasteiger partial charge in [0.05, 0.1) is 6.61 Å². The Bertz CT molecular complexity index is 860. The SMILES string of the molecule is CC(=O)Oc1ccc(C[C@H](N)C(=O)O[C@@H](C)C(C)OC(=O)OCC(C)(C)C)cc1OC(C)=O. The van der Waals surface area contributed by atoms with E-state index in [9.17, 15) is 19.2 Å². The standard InChI is InChI=1S/C23H33NO9/c1-13(14(2)31-22(28)29-12-23(5,6)7)30-21(27)18(24)10-17-8-9-19(32-15(3)25)20(11-17)33-16(4)26/h8-9,11,13-14,18H,10,12,24H2,1-7H3/t13-,14?,18-/m0/s1. The third kappa shape index (κ3) is 10.8. The lowest BCUT2D eigenvalue weighted by atomic mass is 9.99. The number of carbonyl (C=O) groups is 4. The monoisotopic (exact) mass is 467 g/mol. The van der Waals surface area contributed by atoms with Crippen LogP contribution >= 0.6 is 0 Å². The van der Waals surface area contributed by atoms with Crippen LogP contribution in [0.2, 0.25) is 0 Å². The first-order chi connectivity index (χ1) is 15.2. The van der Waals surface area contributed by atoms with E-state index in [4.69, 9.17) is 29.4 Å². The molecule has 2 N–H and O–H groups in total. The van der Waals surface area contributed by atoms with Crippen molar-refractivity contribution in [2.75, 3.05) is 6.61 Å². The summed E-state index contributed by atoms with van der Waals surface area (Å²) in [7, 11) is 0. The van der Waals surface area contributed by atoms with E-state index in [0.717, 1.165) is 0 Å². The summed E-state index contributed by atoms with van der Waals surface area (Å²) in [6, 6.07) is 3.43. The zero-order chi connectivity index (χ0) is 25.3. The molecule has 1 aromatic carbocycles. The van der Waals surface area contributed by atoms with Crippen LogP contribution in [-0.2, 0) is 35.0 Å². The van der Waals surface area contributed by atoms with Crippen LogP contribution in [0, 0.1) is 5.41 Å². The van der Waals surface area contributed by atoms with Gasteiger partial charge in [0.1, 0.15) is 18.2 Å². The minimum absolute atomic E-state index is 0.0277. The molecule has 0 aliphatic heterocycles. The van der Waals surface area contributed by atoms with E-state index in [1.165, 1.54) is 26.0 Å². The molecule has 0 saturated heterocycles. The van der Waals surface area contributed by atoms with Gasteiger partial charge in [0, 0.05) is 13.8 Å². The Balaban J connectivity index is 2.70. The Labute approximate surface area is 193 Å². The van der Waals surface area contributed by atoms with Gasteiger partial charge in [-0.15, -0.1) is 0 Å². The van der Waals surface area contributed by atoms with Crippen LogP contribution in [0.3, 0.4) is 0 Å². The summed E-state index contributed by atoms with van der Waals surface area (Å²) >= 11 is 0. The van der Waals surface area contributed by atoms with E-state index in [0.29, 0.717) is 5.56 Å². The highest BCUT2D eigenvalue weighted by Crippen LogP contribution is 2.29. The normalized spacial score (nSPS) is 13.8. The highest BCUT2D eigenvalue weighted by molar-refractivity contribution is 5.76. The van der Waals surface area contributed by atoms with Crippen LogP contribution in [0.15, 0.2) is 18.2 Å². The van der Waals surface area contributed by atoms with E-state index in [-0.39, 0.29) is 29.9 Å². The summed E-state index contributed by atoms with van der Waals surface area (Å²) in [4.78, 5) is 46.8. The van der Waals surface area contributed by atoms with E-state index >= 15 is 0 Å². The van der Waals surface area contributed by atoms with Crippen LogP contribution in [0.1, 0.15) is 54.0 Å². The molecule has 10 heteroatoms. The third-order valence-electron chi connectivity index (χ3n) is 4.14. The molecule has 0 bridgehead atoms. The van der Waals surface area contributed by atoms with Crippen LogP contribution in [0.25, 0.3) is 0 Å². The van der Waals surface area contributed by atoms with Gasteiger partial charge in [-0.3, -0.25) is 14.4 Å². The number of rotatable bonds is 9. The van der Waals surface area contributed by atoms with Gasteiger partial charge in [0.25, 0.3) is 0 Å². The largest absolute Gasteiger partial charge is 0.508 e. The van der Waals surface area contributed by atoms with Crippen molar-refractivity contribution in [1.82, 2.24) is 0 Å². The van der Waals surface area contributed by atoms with Crippen molar-refractivity contribution in [3.63, 3.8) is 0 Å². The van der Waals surface area contributed by atoms with E-state index in [1.54, 1.807) is 19.9 Å². The van der Waals surface area contributed by atoms with Gasteiger partial charge in [-0.05, 0) is 43.4 Å². The van der Waals surface area contributed by atoms with Crippen molar-refractivity contribution in [3.05, 3.63) is 23.8 Å². The minimum Gasteiger partial charge on any atom is -0.458 e. The van der Waals surface area contributed by atoms with Crippen LogP contribution < -0.4 is 15.2 Å². The Hall–Kier alpha value is -3.14. The maximum atomic E-state index is 12.4. The molecule has 0 saturated carbocycles. The van der Waals surface area contributed by atoms with E-state index in [1.807, 2.05) is 20.8 Å². The molecule has 0 spiro atoms. The molecule has 3 atom stereocenters. The first-order valence-corrected chi connectivity index (χ1v) is 10.5. The summed E-state index contributed by atoms with van der Waals surface area (Å²) < 4.78 is 25.6. The second-order valence-corrected chi connectivity index (χ2v) is 8.84. The van der Waals surface area contributed by atoms with Crippen molar-refractivity contribution in [1.29, 1.82) is 0 Å².